The molecule has 6 rings (SSSR count). The normalized spacial score (nSPS) is 15.9. The maximum atomic E-state index is 6.57. The second-order valence-electron chi connectivity index (χ2n) is 9.80. The molecular weight excluding hydrogens is 384 g/mol. The standard InChI is InChI=1S/C28H26OS/c1-28(2)21-11-6-7-12-23(21)29-27-20-14-13-17-9-8-10-19-24(30(3,4)5)16-18(15-22(27)28)26(20)25(17)19/h6-16H,1-5H3. The van der Waals surface area contributed by atoms with Crippen LogP contribution in [0.5, 0.6) is 11.5 Å². The van der Waals surface area contributed by atoms with Crippen LogP contribution in [-0.4, -0.2) is 18.8 Å². The van der Waals surface area contributed by atoms with Crippen molar-refractivity contribution in [2.45, 2.75) is 24.2 Å². The Kier molecular flexibility index (Phi) is 3.44. The van der Waals surface area contributed by atoms with Gasteiger partial charge in [-0.1, -0.05) is 56.3 Å². The zero-order valence-electron chi connectivity index (χ0n) is 18.2. The smallest absolute Gasteiger partial charge is 0.139 e. The molecule has 1 nitrogen and oxygen atoms in total. The van der Waals surface area contributed by atoms with Crippen molar-refractivity contribution in [2.75, 3.05) is 18.8 Å². The van der Waals surface area contributed by atoms with E-state index in [-0.39, 0.29) is 5.41 Å². The minimum Gasteiger partial charge on any atom is -0.456 e. The molecule has 150 valence electrons. The summed E-state index contributed by atoms with van der Waals surface area (Å²) in [5.74, 6) is 2.00. The molecule has 1 aliphatic rings. The van der Waals surface area contributed by atoms with Gasteiger partial charge in [0.1, 0.15) is 11.5 Å². The molecule has 0 N–H and O–H groups in total. The van der Waals surface area contributed by atoms with Gasteiger partial charge in [0.2, 0.25) is 0 Å². The van der Waals surface area contributed by atoms with Crippen LogP contribution in [0.2, 0.25) is 0 Å². The molecule has 1 heterocycles. The Balaban J connectivity index is 1.82. The monoisotopic (exact) mass is 410 g/mol. The molecule has 0 amide bonds. The lowest BCUT2D eigenvalue weighted by molar-refractivity contribution is 0.423. The topological polar surface area (TPSA) is 9.23 Å². The minimum absolute atomic E-state index is 0.108. The highest BCUT2D eigenvalue weighted by Gasteiger charge is 2.36. The Labute approximate surface area is 179 Å². The summed E-state index contributed by atoms with van der Waals surface area (Å²) in [7, 11) is -0.880. The lowest BCUT2D eigenvalue weighted by Gasteiger charge is -2.36. The Morgan fingerprint density at radius 2 is 1.47 bits per heavy atom. The van der Waals surface area contributed by atoms with Crippen LogP contribution in [0.1, 0.15) is 25.0 Å². The van der Waals surface area contributed by atoms with Gasteiger partial charge in [-0.2, -0.15) is 0 Å². The molecule has 0 radical (unpaired) electrons. The molecule has 5 aromatic rings. The predicted molar refractivity (Wildman–Crippen MR) is 132 cm³/mol. The Morgan fingerprint density at radius 3 is 2.27 bits per heavy atom. The Morgan fingerprint density at radius 1 is 0.700 bits per heavy atom. The van der Waals surface area contributed by atoms with Crippen LogP contribution in [0.3, 0.4) is 0 Å². The summed E-state index contributed by atoms with van der Waals surface area (Å²) in [5.41, 5.74) is 2.43. The summed E-state index contributed by atoms with van der Waals surface area (Å²) >= 11 is 0. The molecule has 0 unspecified atom stereocenters. The number of ether oxygens (including phenoxy) is 1. The predicted octanol–water partition coefficient (Wildman–Crippen LogP) is 8.07. The van der Waals surface area contributed by atoms with Crippen LogP contribution < -0.4 is 4.74 Å². The molecule has 0 spiro atoms. The van der Waals surface area contributed by atoms with E-state index in [1.807, 2.05) is 0 Å². The number of hydrogen-bond donors (Lipinski definition) is 0. The maximum Gasteiger partial charge on any atom is 0.139 e. The van der Waals surface area contributed by atoms with Crippen LogP contribution in [-0.2, 0) is 5.41 Å². The van der Waals surface area contributed by atoms with Gasteiger partial charge in [0.15, 0.2) is 0 Å². The van der Waals surface area contributed by atoms with E-state index in [2.05, 4.69) is 99.3 Å². The van der Waals surface area contributed by atoms with Gasteiger partial charge in [-0.05, 0) is 69.5 Å². The second-order valence-corrected chi connectivity index (χ2v) is 13.9. The second kappa shape index (κ2) is 5.70. The fourth-order valence-corrected chi connectivity index (χ4v) is 6.56. The van der Waals surface area contributed by atoms with Crippen molar-refractivity contribution in [1.29, 1.82) is 0 Å². The molecule has 1 aliphatic heterocycles. The van der Waals surface area contributed by atoms with E-state index in [0.29, 0.717) is 0 Å². The summed E-state index contributed by atoms with van der Waals surface area (Å²) in [4.78, 5) is 1.49. The van der Waals surface area contributed by atoms with E-state index in [1.165, 1.54) is 48.3 Å². The van der Waals surface area contributed by atoms with Gasteiger partial charge in [-0.25, -0.2) is 10.0 Å². The molecule has 30 heavy (non-hydrogen) atoms. The molecule has 0 aromatic heterocycles. The van der Waals surface area contributed by atoms with Crippen molar-refractivity contribution in [2.24, 2.45) is 0 Å². The molecule has 0 atom stereocenters. The highest BCUT2D eigenvalue weighted by molar-refractivity contribution is 8.32. The van der Waals surface area contributed by atoms with Crippen molar-refractivity contribution in [3.8, 4) is 11.5 Å². The van der Waals surface area contributed by atoms with E-state index in [1.54, 1.807) is 0 Å². The molecule has 0 saturated carbocycles. The minimum atomic E-state index is -0.880. The first kappa shape index (κ1) is 18.1. The van der Waals surface area contributed by atoms with Gasteiger partial charge in [0.05, 0.1) is 0 Å². The first-order valence-electron chi connectivity index (χ1n) is 10.5. The van der Waals surface area contributed by atoms with Crippen molar-refractivity contribution < 1.29 is 4.74 Å². The third-order valence-corrected chi connectivity index (χ3v) is 8.44. The van der Waals surface area contributed by atoms with Crippen LogP contribution in [0.15, 0.2) is 71.6 Å². The fourth-order valence-electron chi connectivity index (χ4n) is 5.25. The Bertz CT molecular complexity index is 1470. The van der Waals surface area contributed by atoms with Gasteiger partial charge in [0, 0.05) is 27.3 Å². The average molecular weight is 411 g/mol. The molecule has 0 saturated heterocycles. The first-order valence-corrected chi connectivity index (χ1v) is 13.3. The highest BCUT2D eigenvalue weighted by atomic mass is 32.3. The summed E-state index contributed by atoms with van der Waals surface area (Å²) in [6.07, 6.45) is 7.18. The number of para-hydroxylation sites is 1. The van der Waals surface area contributed by atoms with Gasteiger partial charge < -0.3 is 4.74 Å². The lowest BCUT2D eigenvalue weighted by atomic mass is 9.74. The van der Waals surface area contributed by atoms with Crippen LogP contribution >= 0.6 is 10.0 Å². The number of hydrogen-bond acceptors (Lipinski definition) is 1. The third kappa shape index (κ3) is 2.26. The number of fused-ring (bicyclic) bond motifs is 3. The van der Waals surface area contributed by atoms with Crippen LogP contribution in [0, 0.1) is 0 Å². The van der Waals surface area contributed by atoms with E-state index in [0.717, 1.165) is 11.5 Å². The van der Waals surface area contributed by atoms with Crippen molar-refractivity contribution >= 4 is 42.3 Å². The Hall–Kier alpha value is -2.71. The lowest BCUT2D eigenvalue weighted by Crippen LogP contribution is -2.24. The van der Waals surface area contributed by atoms with Crippen LogP contribution in [0.25, 0.3) is 32.3 Å². The molecule has 5 aromatic carbocycles. The van der Waals surface area contributed by atoms with Crippen molar-refractivity contribution in [3.63, 3.8) is 0 Å². The van der Waals surface area contributed by atoms with E-state index < -0.39 is 10.0 Å². The number of rotatable bonds is 1. The van der Waals surface area contributed by atoms with Gasteiger partial charge in [-0.15, -0.1) is 0 Å². The fraction of sp³-hybridized carbons (Fsp3) is 0.214. The van der Waals surface area contributed by atoms with E-state index in [4.69, 9.17) is 4.74 Å². The molecule has 0 fully saturated rings. The molecule has 0 bridgehead atoms. The largest absolute Gasteiger partial charge is 0.456 e. The SMILES string of the molecule is CC1(C)c2ccccc2Oc2c1cc1cc(S(C)(C)C)c3cccc4ccc2c1c43. The first-order chi connectivity index (χ1) is 14.3. The summed E-state index contributed by atoms with van der Waals surface area (Å²) in [5, 5.41) is 7.98. The highest BCUT2D eigenvalue weighted by Crippen LogP contribution is 2.56. The molecule has 2 heteroatoms. The summed E-state index contributed by atoms with van der Waals surface area (Å²) < 4.78 is 6.57. The number of benzene rings is 5. The molecular formula is C28H26OS. The van der Waals surface area contributed by atoms with Gasteiger partial charge in [0.25, 0.3) is 0 Å². The van der Waals surface area contributed by atoms with Crippen LogP contribution in [0.4, 0.5) is 0 Å². The summed E-state index contributed by atoms with van der Waals surface area (Å²) in [6, 6.07) is 24.6. The maximum absolute atomic E-state index is 6.57. The summed E-state index contributed by atoms with van der Waals surface area (Å²) in [6.45, 7) is 4.64. The zero-order chi connectivity index (χ0) is 20.8. The average Bonchev–Trinajstić information content (AvgIpc) is 2.71. The molecule has 0 aliphatic carbocycles. The quantitative estimate of drug-likeness (QED) is 0.254. The third-order valence-electron chi connectivity index (χ3n) is 6.78. The van der Waals surface area contributed by atoms with E-state index >= 15 is 0 Å². The van der Waals surface area contributed by atoms with Crippen molar-refractivity contribution in [3.05, 3.63) is 77.9 Å². The van der Waals surface area contributed by atoms with E-state index in [9.17, 15) is 0 Å². The zero-order valence-corrected chi connectivity index (χ0v) is 19.0. The van der Waals surface area contributed by atoms with Gasteiger partial charge >= 0.3 is 0 Å². The van der Waals surface area contributed by atoms with Crippen molar-refractivity contribution in [1.82, 2.24) is 0 Å². The van der Waals surface area contributed by atoms with Gasteiger partial charge in [-0.3, -0.25) is 0 Å².